The number of carboxylic acids is 2. The molecule has 1 aromatic rings. The average Bonchev–Trinajstić information content (AvgIpc) is 2.25. The topological polar surface area (TPSA) is 118 Å². The molecule has 0 aromatic heterocycles. The molecular weight excluding hydrogens is 230 g/mol. The van der Waals surface area contributed by atoms with Crippen LogP contribution in [0.5, 0.6) is 0 Å². The van der Waals surface area contributed by atoms with Crippen LogP contribution < -0.4 is 0 Å². The molecule has 7 nitrogen and oxygen atoms in total. The summed E-state index contributed by atoms with van der Waals surface area (Å²) < 4.78 is 0. The van der Waals surface area contributed by atoms with Gasteiger partial charge in [0, 0.05) is 12.1 Å². The maximum Gasteiger partial charge on any atom is 0.342 e. The summed E-state index contributed by atoms with van der Waals surface area (Å²) in [6.45, 7) is 0. The fourth-order valence-corrected chi connectivity index (χ4v) is 1.16. The van der Waals surface area contributed by atoms with Crippen LogP contribution in [0.1, 0.15) is 15.9 Å². The second-order valence-electron chi connectivity index (χ2n) is 3.01. The van der Waals surface area contributed by atoms with E-state index in [2.05, 4.69) is 0 Å². The van der Waals surface area contributed by atoms with Crippen LogP contribution in [0.15, 0.2) is 24.3 Å². The monoisotopic (exact) mass is 237 g/mol. The zero-order chi connectivity index (χ0) is 13.0. The van der Waals surface area contributed by atoms with E-state index in [4.69, 9.17) is 10.2 Å². The number of benzene rings is 1. The fraction of sp³-hybridized carbons (Fsp3) is 0. The molecule has 1 rings (SSSR count). The zero-order valence-electron chi connectivity index (χ0n) is 8.36. The molecule has 0 saturated heterocycles. The molecule has 88 valence electrons. The Morgan fingerprint density at radius 1 is 1.29 bits per heavy atom. The molecule has 0 saturated carbocycles. The maximum atomic E-state index is 10.8. The number of hydrogen-bond acceptors (Lipinski definition) is 4. The van der Waals surface area contributed by atoms with Crippen LogP contribution in [0.2, 0.25) is 0 Å². The molecule has 0 spiro atoms. The number of nitro benzene ring substituents is 1. The van der Waals surface area contributed by atoms with Crippen molar-refractivity contribution in [3.8, 4) is 0 Å². The second-order valence-corrected chi connectivity index (χ2v) is 3.01. The maximum absolute atomic E-state index is 10.8. The number of nitro groups is 1. The average molecular weight is 237 g/mol. The lowest BCUT2D eigenvalue weighted by Crippen LogP contribution is -2.02. The molecule has 0 amide bonds. The summed E-state index contributed by atoms with van der Waals surface area (Å²) in [5.41, 5.74) is -0.761. The number of aliphatic carboxylic acids is 1. The van der Waals surface area contributed by atoms with E-state index in [1.54, 1.807) is 0 Å². The van der Waals surface area contributed by atoms with Crippen LogP contribution in [-0.4, -0.2) is 27.1 Å². The highest BCUT2D eigenvalue weighted by molar-refractivity contribution is 5.93. The number of carboxylic acid groups (broad SMARTS) is 2. The Morgan fingerprint density at radius 2 is 1.94 bits per heavy atom. The minimum Gasteiger partial charge on any atom is -0.478 e. The van der Waals surface area contributed by atoms with E-state index < -0.39 is 28.1 Å². The highest BCUT2D eigenvalue weighted by atomic mass is 16.6. The van der Waals surface area contributed by atoms with Crippen molar-refractivity contribution in [3.05, 3.63) is 45.5 Å². The van der Waals surface area contributed by atoms with Crippen LogP contribution in [0.3, 0.4) is 0 Å². The lowest BCUT2D eigenvalue weighted by molar-refractivity contribution is -0.385. The molecule has 0 atom stereocenters. The van der Waals surface area contributed by atoms with Gasteiger partial charge in [-0.2, -0.15) is 0 Å². The highest BCUT2D eigenvalue weighted by Gasteiger charge is 2.19. The predicted molar refractivity (Wildman–Crippen MR) is 56.7 cm³/mol. The quantitative estimate of drug-likeness (QED) is 0.464. The Kier molecular flexibility index (Phi) is 3.55. The fourth-order valence-electron chi connectivity index (χ4n) is 1.16. The van der Waals surface area contributed by atoms with Gasteiger partial charge in [0.25, 0.3) is 5.69 Å². The molecule has 0 unspecified atom stereocenters. The molecule has 0 aliphatic carbocycles. The first-order valence-electron chi connectivity index (χ1n) is 4.34. The third kappa shape index (κ3) is 3.13. The number of nitrogens with zero attached hydrogens (tertiary/aromatic N) is 1. The first-order valence-corrected chi connectivity index (χ1v) is 4.34. The van der Waals surface area contributed by atoms with Crippen LogP contribution in [-0.2, 0) is 4.79 Å². The van der Waals surface area contributed by atoms with Crippen molar-refractivity contribution in [1.29, 1.82) is 0 Å². The third-order valence-electron chi connectivity index (χ3n) is 1.87. The van der Waals surface area contributed by atoms with Gasteiger partial charge in [-0.05, 0) is 23.8 Å². The van der Waals surface area contributed by atoms with E-state index in [-0.39, 0.29) is 5.56 Å². The first kappa shape index (κ1) is 12.4. The summed E-state index contributed by atoms with van der Waals surface area (Å²) in [6.07, 6.45) is 1.96. The van der Waals surface area contributed by atoms with Gasteiger partial charge < -0.3 is 10.2 Å². The van der Waals surface area contributed by atoms with Crippen LogP contribution in [0.4, 0.5) is 5.69 Å². The standard InChI is InChI=1S/C10H7NO6/c12-9(13)4-2-6-1-3-8(11(16)17)7(5-6)10(14)15/h1-5H,(H,12,13)(H,14,15). The normalized spacial score (nSPS) is 10.4. The molecule has 7 heteroatoms. The van der Waals surface area contributed by atoms with Gasteiger partial charge in [-0.1, -0.05) is 0 Å². The summed E-state index contributed by atoms with van der Waals surface area (Å²) >= 11 is 0. The summed E-state index contributed by atoms with van der Waals surface area (Å²) in [5, 5.41) is 27.7. The molecular formula is C10H7NO6. The van der Waals surface area contributed by atoms with Gasteiger partial charge in [-0.15, -0.1) is 0 Å². The van der Waals surface area contributed by atoms with E-state index in [1.807, 2.05) is 0 Å². The molecule has 0 bridgehead atoms. The van der Waals surface area contributed by atoms with E-state index >= 15 is 0 Å². The van der Waals surface area contributed by atoms with E-state index in [0.29, 0.717) is 0 Å². The summed E-state index contributed by atoms with van der Waals surface area (Å²) in [4.78, 5) is 30.7. The van der Waals surface area contributed by atoms with Crippen LogP contribution >= 0.6 is 0 Å². The first-order chi connectivity index (χ1) is 7.91. The van der Waals surface area contributed by atoms with E-state index in [1.165, 1.54) is 6.07 Å². The van der Waals surface area contributed by atoms with Gasteiger partial charge in [0.15, 0.2) is 0 Å². The Bertz CT molecular complexity index is 520. The van der Waals surface area contributed by atoms with Gasteiger partial charge in [-0.25, -0.2) is 9.59 Å². The van der Waals surface area contributed by atoms with Gasteiger partial charge in [0.1, 0.15) is 5.56 Å². The summed E-state index contributed by atoms with van der Waals surface area (Å²) in [7, 11) is 0. The van der Waals surface area contributed by atoms with Gasteiger partial charge in [-0.3, -0.25) is 10.1 Å². The number of rotatable bonds is 4. The predicted octanol–water partition coefficient (Wildman–Crippen LogP) is 1.39. The smallest absolute Gasteiger partial charge is 0.342 e. The molecule has 0 fully saturated rings. The van der Waals surface area contributed by atoms with Gasteiger partial charge >= 0.3 is 11.9 Å². The number of carbonyl (C=O) groups is 2. The largest absolute Gasteiger partial charge is 0.478 e. The number of hydrogen-bond donors (Lipinski definition) is 2. The third-order valence-corrected chi connectivity index (χ3v) is 1.87. The summed E-state index contributed by atoms with van der Waals surface area (Å²) in [5.74, 6) is -2.64. The van der Waals surface area contributed by atoms with Crippen molar-refractivity contribution in [2.75, 3.05) is 0 Å². The van der Waals surface area contributed by atoms with Crippen molar-refractivity contribution in [2.45, 2.75) is 0 Å². The number of aromatic carboxylic acids is 1. The Labute approximate surface area is 94.8 Å². The summed E-state index contributed by atoms with van der Waals surface area (Å²) in [6, 6.07) is 3.33. The minimum absolute atomic E-state index is 0.260. The van der Waals surface area contributed by atoms with Crippen molar-refractivity contribution in [1.82, 2.24) is 0 Å². The second kappa shape index (κ2) is 4.88. The molecule has 1 aromatic carbocycles. The lowest BCUT2D eigenvalue weighted by Gasteiger charge is -1.99. The minimum atomic E-state index is -1.44. The Morgan fingerprint density at radius 3 is 2.41 bits per heavy atom. The van der Waals surface area contributed by atoms with Gasteiger partial charge in [0.2, 0.25) is 0 Å². The highest BCUT2D eigenvalue weighted by Crippen LogP contribution is 2.20. The Balaban J connectivity index is 3.23. The molecule has 0 aliphatic heterocycles. The van der Waals surface area contributed by atoms with Crippen molar-refractivity contribution >= 4 is 23.7 Å². The Hall–Kier alpha value is -2.70. The molecule has 0 radical (unpaired) electrons. The van der Waals surface area contributed by atoms with Crippen molar-refractivity contribution in [3.63, 3.8) is 0 Å². The zero-order valence-corrected chi connectivity index (χ0v) is 8.36. The molecule has 0 heterocycles. The van der Waals surface area contributed by atoms with Crippen molar-refractivity contribution in [2.24, 2.45) is 0 Å². The molecule has 0 aliphatic rings. The SMILES string of the molecule is O=C(O)C=Cc1ccc([N+](=O)[O-])c(C(=O)O)c1. The lowest BCUT2D eigenvalue weighted by atomic mass is 10.1. The van der Waals surface area contributed by atoms with Crippen LogP contribution in [0.25, 0.3) is 6.08 Å². The van der Waals surface area contributed by atoms with Gasteiger partial charge in [0.05, 0.1) is 4.92 Å². The van der Waals surface area contributed by atoms with E-state index in [0.717, 1.165) is 24.3 Å². The van der Waals surface area contributed by atoms with E-state index in [9.17, 15) is 19.7 Å². The molecule has 2 N–H and O–H groups in total. The van der Waals surface area contributed by atoms with Crippen molar-refractivity contribution < 1.29 is 24.7 Å². The molecule has 17 heavy (non-hydrogen) atoms. The van der Waals surface area contributed by atoms with Crippen LogP contribution in [0, 0.1) is 10.1 Å².